The van der Waals surface area contributed by atoms with Gasteiger partial charge in [-0.15, -0.1) is 0 Å². The zero-order valence-electron chi connectivity index (χ0n) is 7.15. The van der Waals surface area contributed by atoms with Crippen LogP contribution in [-0.4, -0.2) is 12.3 Å². The largest absolute Gasteiger partial charge is 0.426 e. The van der Waals surface area contributed by atoms with E-state index < -0.39 is 23.8 Å². The monoisotopic (exact) mass is 227 g/mol. The molecule has 0 aromatic heterocycles. The van der Waals surface area contributed by atoms with E-state index in [9.17, 15) is 26.3 Å². The number of halogens is 6. The van der Waals surface area contributed by atoms with Gasteiger partial charge in [0, 0.05) is 5.56 Å². The van der Waals surface area contributed by atoms with Crippen molar-refractivity contribution in [3.63, 3.8) is 0 Å². The summed E-state index contributed by atoms with van der Waals surface area (Å²) in [5.74, 6) is -4.58. The Labute approximate surface area is 81.5 Å². The van der Waals surface area contributed by atoms with E-state index in [0.717, 1.165) is 12.1 Å². The maximum absolute atomic E-state index is 12.9. The van der Waals surface area contributed by atoms with Gasteiger partial charge in [0.15, 0.2) is 0 Å². The molecule has 0 aliphatic rings. The molecule has 0 N–H and O–H groups in total. The molecule has 0 bridgehead atoms. The number of benzene rings is 1. The third kappa shape index (κ3) is 2.43. The van der Waals surface area contributed by atoms with Gasteiger partial charge in [-0.05, 0) is 6.07 Å². The van der Waals surface area contributed by atoms with Crippen LogP contribution in [0.2, 0.25) is 0 Å². The van der Waals surface area contributed by atoms with Crippen molar-refractivity contribution >= 4 is 0 Å². The number of hydrogen-bond acceptors (Lipinski definition) is 0. The first-order valence-corrected chi connectivity index (χ1v) is 3.81. The van der Waals surface area contributed by atoms with Crippen LogP contribution in [0.25, 0.3) is 0 Å². The van der Waals surface area contributed by atoms with Gasteiger partial charge in [0.1, 0.15) is 0 Å². The summed E-state index contributed by atoms with van der Waals surface area (Å²) in [4.78, 5) is 0. The van der Waals surface area contributed by atoms with Gasteiger partial charge in [0.2, 0.25) is 0 Å². The van der Waals surface area contributed by atoms with Gasteiger partial charge in [-0.1, -0.05) is 24.3 Å². The summed E-state index contributed by atoms with van der Waals surface area (Å²) in [5.41, 5.74) is -1.02. The average molecular weight is 227 g/mol. The molecule has 0 aliphatic heterocycles. The molecule has 0 saturated carbocycles. The second kappa shape index (κ2) is 3.75. The Morgan fingerprint density at radius 3 is 1.87 bits per heavy atom. The summed E-state index contributed by atoms with van der Waals surface area (Å²) >= 11 is 0. The molecule has 1 atom stereocenters. The summed E-state index contributed by atoms with van der Waals surface area (Å²) in [6.07, 6.45) is -9.78. The van der Waals surface area contributed by atoms with Crippen LogP contribution in [0.5, 0.6) is 0 Å². The fourth-order valence-corrected chi connectivity index (χ4v) is 0.961. The second-order valence-corrected chi connectivity index (χ2v) is 2.82. The quantitative estimate of drug-likeness (QED) is 0.678. The molecule has 0 nitrogen and oxygen atoms in total. The van der Waals surface area contributed by atoms with Crippen molar-refractivity contribution in [2.45, 2.75) is 18.3 Å². The Hall–Kier alpha value is -1.20. The lowest BCUT2D eigenvalue weighted by atomic mass is 10.0. The molecule has 0 saturated heterocycles. The van der Waals surface area contributed by atoms with Crippen LogP contribution < -0.4 is 0 Å². The Balaban J connectivity index is 3.03. The Morgan fingerprint density at radius 2 is 1.47 bits per heavy atom. The van der Waals surface area contributed by atoms with E-state index in [1.165, 1.54) is 0 Å². The highest BCUT2D eigenvalue weighted by molar-refractivity contribution is 5.21. The lowest BCUT2D eigenvalue weighted by molar-refractivity contribution is -0.248. The number of rotatable bonds is 2. The summed E-state index contributed by atoms with van der Waals surface area (Å²) in [6, 6.07) is 5.72. The van der Waals surface area contributed by atoms with Crippen LogP contribution in [0.4, 0.5) is 26.3 Å². The van der Waals surface area contributed by atoms with Crippen LogP contribution >= 0.6 is 0 Å². The molecule has 83 valence electrons. The SMILES string of the molecule is FC(C(F)(F)F)C(F)(F)c1cc[c]cc1. The topological polar surface area (TPSA) is 0 Å². The van der Waals surface area contributed by atoms with E-state index in [0.29, 0.717) is 12.1 Å². The summed E-state index contributed by atoms with van der Waals surface area (Å²) in [6.45, 7) is 0. The third-order valence-electron chi connectivity index (χ3n) is 1.71. The van der Waals surface area contributed by atoms with Crippen LogP contribution in [-0.2, 0) is 5.92 Å². The first-order chi connectivity index (χ1) is 6.76. The van der Waals surface area contributed by atoms with Gasteiger partial charge < -0.3 is 0 Å². The van der Waals surface area contributed by atoms with Crippen molar-refractivity contribution < 1.29 is 26.3 Å². The minimum atomic E-state index is -5.58. The van der Waals surface area contributed by atoms with Gasteiger partial charge in [0.25, 0.3) is 6.17 Å². The fraction of sp³-hybridized carbons (Fsp3) is 0.333. The predicted molar refractivity (Wildman–Crippen MR) is 40.1 cm³/mol. The predicted octanol–water partition coefficient (Wildman–Crippen LogP) is 3.48. The van der Waals surface area contributed by atoms with Gasteiger partial charge in [-0.3, -0.25) is 0 Å². The molecule has 1 aromatic carbocycles. The first-order valence-electron chi connectivity index (χ1n) is 3.81. The molecule has 15 heavy (non-hydrogen) atoms. The maximum Gasteiger partial charge on any atom is 0.426 e. The lowest BCUT2D eigenvalue weighted by Gasteiger charge is -2.22. The van der Waals surface area contributed by atoms with E-state index in [-0.39, 0.29) is 0 Å². The highest BCUT2D eigenvalue weighted by Gasteiger charge is 2.57. The Kier molecular flexibility index (Phi) is 2.97. The molecular formula is C9H5F6. The zero-order chi connectivity index (χ0) is 11.7. The molecule has 0 amide bonds. The fourth-order valence-electron chi connectivity index (χ4n) is 0.961. The smallest absolute Gasteiger partial charge is 0.230 e. The molecule has 0 spiro atoms. The van der Waals surface area contributed by atoms with Crippen molar-refractivity contribution in [2.24, 2.45) is 0 Å². The second-order valence-electron chi connectivity index (χ2n) is 2.82. The molecule has 6 heteroatoms. The standard InChI is InChI=1S/C9H5F6/c10-7(9(13,14)15)8(11,12)6-4-2-1-3-5-6/h2-5,7H. The molecule has 0 heterocycles. The van der Waals surface area contributed by atoms with Crippen molar-refractivity contribution in [3.8, 4) is 0 Å². The molecule has 0 aliphatic carbocycles. The van der Waals surface area contributed by atoms with Crippen molar-refractivity contribution in [1.29, 1.82) is 0 Å². The molecule has 1 radical (unpaired) electrons. The first kappa shape index (κ1) is 11.9. The lowest BCUT2D eigenvalue weighted by Crippen LogP contribution is -2.39. The van der Waals surface area contributed by atoms with Crippen LogP contribution in [0.3, 0.4) is 0 Å². The van der Waals surface area contributed by atoms with E-state index >= 15 is 0 Å². The normalized spacial score (nSPS) is 15.1. The van der Waals surface area contributed by atoms with Gasteiger partial charge in [0.05, 0.1) is 0 Å². The van der Waals surface area contributed by atoms with Crippen LogP contribution in [0.1, 0.15) is 5.56 Å². The summed E-state index contributed by atoms with van der Waals surface area (Å²) < 4.78 is 73.7. The molecular weight excluding hydrogens is 222 g/mol. The number of alkyl halides is 6. The van der Waals surface area contributed by atoms with Crippen molar-refractivity contribution in [3.05, 3.63) is 35.9 Å². The summed E-state index contributed by atoms with van der Waals surface area (Å²) in [5, 5.41) is 0. The van der Waals surface area contributed by atoms with E-state index in [1.807, 2.05) is 0 Å². The maximum atomic E-state index is 12.9. The van der Waals surface area contributed by atoms with Gasteiger partial charge >= 0.3 is 12.1 Å². The Morgan fingerprint density at radius 1 is 1.00 bits per heavy atom. The van der Waals surface area contributed by atoms with Crippen LogP contribution in [0, 0.1) is 6.07 Å². The number of hydrogen-bond donors (Lipinski definition) is 0. The average Bonchev–Trinajstić information content (AvgIpc) is 2.16. The third-order valence-corrected chi connectivity index (χ3v) is 1.71. The van der Waals surface area contributed by atoms with Gasteiger partial charge in [-0.2, -0.15) is 22.0 Å². The van der Waals surface area contributed by atoms with Crippen LogP contribution in [0.15, 0.2) is 24.3 Å². The molecule has 1 aromatic rings. The molecule has 0 fully saturated rings. The van der Waals surface area contributed by atoms with Crippen molar-refractivity contribution in [1.82, 2.24) is 0 Å². The minimum Gasteiger partial charge on any atom is -0.230 e. The molecule has 1 unspecified atom stereocenters. The van der Waals surface area contributed by atoms with Crippen molar-refractivity contribution in [2.75, 3.05) is 0 Å². The highest BCUT2D eigenvalue weighted by atomic mass is 19.4. The zero-order valence-corrected chi connectivity index (χ0v) is 7.15. The molecule has 1 rings (SSSR count). The van der Waals surface area contributed by atoms with E-state index in [1.54, 1.807) is 0 Å². The minimum absolute atomic E-state index is 0.693. The van der Waals surface area contributed by atoms with Gasteiger partial charge in [-0.25, -0.2) is 4.39 Å². The van der Waals surface area contributed by atoms with E-state index in [2.05, 4.69) is 6.07 Å². The van der Waals surface area contributed by atoms with E-state index in [4.69, 9.17) is 0 Å². The highest BCUT2D eigenvalue weighted by Crippen LogP contribution is 2.41. The Bertz CT molecular complexity index is 315. The summed E-state index contributed by atoms with van der Waals surface area (Å²) in [7, 11) is 0.